The Morgan fingerprint density at radius 3 is 2.36 bits per heavy atom. The Balaban J connectivity index is 2.20. The normalized spacial score (nSPS) is 20.1. The number of benzene rings is 2. The largest absolute Gasteiger partial charge is 0.270 e. The first-order valence-electron chi connectivity index (χ1n) is 10.2. The van der Waals surface area contributed by atoms with Gasteiger partial charge in [-0.2, -0.15) is 0 Å². The molecule has 1 radical (unpaired) electrons. The average molecular weight is 421 g/mol. The van der Waals surface area contributed by atoms with Crippen molar-refractivity contribution in [3.8, 4) is 11.1 Å². The topological polar surface area (TPSA) is 40.9 Å². The number of allylic oxidation sites excluding steroid dienone is 1. The van der Waals surface area contributed by atoms with Crippen molar-refractivity contribution in [2.75, 3.05) is 0 Å². The van der Waals surface area contributed by atoms with Gasteiger partial charge in [0.15, 0.2) is 0 Å². The van der Waals surface area contributed by atoms with Crippen LogP contribution < -0.4 is 16.1 Å². The van der Waals surface area contributed by atoms with Crippen LogP contribution in [0.5, 0.6) is 0 Å². The van der Waals surface area contributed by atoms with Crippen LogP contribution in [0.4, 0.5) is 0 Å². The van der Waals surface area contributed by atoms with Crippen LogP contribution in [0.15, 0.2) is 30.3 Å². The molecule has 2 aliphatic rings. The van der Waals surface area contributed by atoms with Gasteiger partial charge in [0.1, 0.15) is 0 Å². The molecule has 1 aliphatic heterocycles. The molecular formula is C23H30NOSi3. The molecule has 1 N–H and O–H groups in total. The Hall–Kier alpha value is -1.70. The molecule has 4 rings (SSSR count). The smallest absolute Gasteiger partial charge is 0.267 e. The van der Waals surface area contributed by atoms with Crippen LogP contribution in [0.1, 0.15) is 27.0 Å². The zero-order chi connectivity index (χ0) is 20.6. The summed E-state index contributed by atoms with van der Waals surface area (Å²) < 4.78 is 0. The highest BCUT2D eigenvalue weighted by atomic mass is 29.6. The predicted molar refractivity (Wildman–Crippen MR) is 128 cm³/mol. The van der Waals surface area contributed by atoms with Crippen LogP contribution in [-0.4, -0.2) is 28.2 Å². The molecule has 2 aromatic carbocycles. The lowest BCUT2D eigenvalue weighted by Crippen LogP contribution is -2.83. The van der Waals surface area contributed by atoms with E-state index in [0.29, 0.717) is 5.56 Å². The summed E-state index contributed by atoms with van der Waals surface area (Å²) in [5.41, 5.74) is 15.0. The lowest BCUT2D eigenvalue weighted by atomic mass is 9.91. The first kappa shape index (κ1) is 19.6. The highest BCUT2D eigenvalue weighted by molar-refractivity contribution is 7.74. The van der Waals surface area contributed by atoms with Crippen LogP contribution in [0.3, 0.4) is 0 Å². The van der Waals surface area contributed by atoms with Crippen molar-refractivity contribution in [3.63, 3.8) is 0 Å². The fourth-order valence-electron chi connectivity index (χ4n) is 5.61. The molecule has 1 aliphatic carbocycles. The molecule has 1 heterocycles. The van der Waals surface area contributed by atoms with Crippen molar-refractivity contribution < 1.29 is 4.79 Å². The summed E-state index contributed by atoms with van der Waals surface area (Å²) in [5.74, 6) is -0.534. The Kier molecular flexibility index (Phi) is 4.14. The van der Waals surface area contributed by atoms with Gasteiger partial charge >= 0.3 is 0 Å². The van der Waals surface area contributed by atoms with Crippen molar-refractivity contribution in [1.82, 2.24) is 5.73 Å². The minimum atomic E-state index is -1.78. The van der Waals surface area contributed by atoms with Crippen LogP contribution in [0.25, 0.3) is 17.2 Å². The van der Waals surface area contributed by atoms with Gasteiger partial charge in [-0.05, 0) is 41.7 Å². The quantitative estimate of drug-likeness (QED) is 0.665. The molecule has 28 heavy (non-hydrogen) atoms. The van der Waals surface area contributed by atoms with E-state index in [2.05, 4.69) is 82.6 Å². The standard InChI is InChI=1S/C23H30NOSi3/c1-15-20-14-19(23(24)25)21(18-13-9-11-16-10-8-12-17(16)18)22(15)27(4,5)28(6,7)26(20,2)3/h8-9,11-14,24H,10H2,1-7H3. The monoisotopic (exact) mass is 420 g/mol. The van der Waals surface area contributed by atoms with Gasteiger partial charge < -0.3 is 0 Å². The molecule has 0 saturated carbocycles. The molecular weight excluding hydrogens is 391 g/mol. The number of rotatable bonds is 2. The molecule has 2 nitrogen and oxygen atoms in total. The third kappa shape index (κ3) is 2.27. The fourth-order valence-corrected chi connectivity index (χ4v) is 38.8. The van der Waals surface area contributed by atoms with Crippen molar-refractivity contribution in [3.05, 3.63) is 52.6 Å². The van der Waals surface area contributed by atoms with Gasteiger partial charge in [-0.3, -0.25) is 10.5 Å². The summed E-state index contributed by atoms with van der Waals surface area (Å²) in [6, 6.07) is 8.60. The second-order valence-electron chi connectivity index (χ2n) is 10.0. The maximum Gasteiger partial charge on any atom is 0.270 e. The SMILES string of the molecule is Cc1c2cc(C([NH])=O)c(-c3cccc4c3C=CC4)c1[Si](C)(C)[Si](C)(C)[Si]2(C)C. The number of fused-ring (bicyclic) bond motifs is 3. The van der Waals surface area contributed by atoms with Gasteiger partial charge in [0.05, 0.1) is 15.2 Å². The Morgan fingerprint density at radius 1 is 1.04 bits per heavy atom. The Morgan fingerprint density at radius 2 is 1.71 bits per heavy atom. The van der Waals surface area contributed by atoms with Crippen molar-refractivity contribution >= 4 is 44.6 Å². The molecule has 145 valence electrons. The van der Waals surface area contributed by atoms with Gasteiger partial charge in [-0.15, -0.1) is 0 Å². The second-order valence-corrected chi connectivity index (χ2v) is 37.3. The number of carbonyl (C=O) groups is 1. The molecule has 0 unspecified atom stereocenters. The lowest BCUT2D eigenvalue weighted by molar-refractivity contribution is 0.0993. The van der Waals surface area contributed by atoms with Crippen LogP contribution in [0.2, 0.25) is 39.3 Å². The highest BCUT2D eigenvalue weighted by Crippen LogP contribution is 2.40. The molecule has 0 atom stereocenters. The summed E-state index contributed by atoms with van der Waals surface area (Å²) in [6.45, 7) is 17.6. The molecule has 2 bridgehead atoms. The summed E-state index contributed by atoms with van der Waals surface area (Å²) in [6.07, 6.45) is 5.37. The van der Waals surface area contributed by atoms with E-state index in [9.17, 15) is 4.79 Å². The van der Waals surface area contributed by atoms with Crippen molar-refractivity contribution in [2.45, 2.75) is 52.6 Å². The van der Waals surface area contributed by atoms with Crippen LogP contribution >= 0.6 is 0 Å². The zero-order valence-electron chi connectivity index (χ0n) is 18.1. The van der Waals surface area contributed by atoms with E-state index in [4.69, 9.17) is 5.73 Å². The summed E-state index contributed by atoms with van der Waals surface area (Å²) >= 11 is 0. The number of hydrogen-bond acceptors (Lipinski definition) is 1. The van der Waals surface area contributed by atoms with E-state index in [1.165, 1.54) is 32.6 Å². The van der Waals surface area contributed by atoms with E-state index in [0.717, 1.165) is 12.0 Å². The third-order valence-corrected chi connectivity index (χ3v) is 49.9. The highest BCUT2D eigenvalue weighted by Gasteiger charge is 2.59. The van der Waals surface area contributed by atoms with Gasteiger partial charge in [0.25, 0.3) is 5.91 Å². The Labute approximate surface area is 171 Å². The molecule has 2 aromatic rings. The third-order valence-electron chi connectivity index (χ3n) is 8.34. The lowest BCUT2D eigenvalue weighted by Gasteiger charge is -2.55. The van der Waals surface area contributed by atoms with Crippen LogP contribution in [0, 0.1) is 6.92 Å². The molecule has 0 fully saturated rings. The summed E-state index contributed by atoms with van der Waals surface area (Å²) in [4.78, 5) is 12.6. The molecule has 5 heteroatoms. The molecule has 0 saturated heterocycles. The van der Waals surface area contributed by atoms with Gasteiger partial charge in [-0.25, -0.2) is 0 Å². The maximum atomic E-state index is 12.6. The molecule has 1 amide bonds. The van der Waals surface area contributed by atoms with E-state index in [-0.39, 0.29) is 0 Å². The second kappa shape index (κ2) is 5.91. The van der Waals surface area contributed by atoms with Crippen molar-refractivity contribution in [1.29, 1.82) is 0 Å². The summed E-state index contributed by atoms with van der Waals surface area (Å²) in [7, 11) is -4.96. The van der Waals surface area contributed by atoms with Gasteiger partial charge in [0, 0.05) is 12.7 Å². The number of hydrogen-bond donors (Lipinski definition) is 0. The first-order valence-corrected chi connectivity index (χ1v) is 21.2. The maximum absolute atomic E-state index is 12.6. The minimum Gasteiger partial charge on any atom is -0.267 e. The zero-order valence-corrected chi connectivity index (χ0v) is 21.1. The average Bonchev–Trinajstić information content (AvgIpc) is 3.08. The van der Waals surface area contributed by atoms with Crippen LogP contribution in [-0.2, 0) is 6.42 Å². The molecule has 0 aromatic heterocycles. The van der Waals surface area contributed by atoms with E-state index >= 15 is 0 Å². The minimum absolute atomic E-state index is 0.534. The number of nitrogens with one attached hydrogen (secondary N) is 1. The number of carbonyl (C=O) groups excluding carboxylic acids is 1. The summed E-state index contributed by atoms with van der Waals surface area (Å²) in [5, 5.41) is 2.91. The molecule has 0 spiro atoms. The van der Waals surface area contributed by atoms with E-state index in [1.807, 2.05) is 0 Å². The Bertz CT molecular complexity index is 1060. The number of amides is 1. The predicted octanol–water partition coefficient (Wildman–Crippen LogP) is 4.36. The first-order chi connectivity index (χ1) is 12.9. The fraction of sp³-hybridized carbons (Fsp3) is 0.348. The van der Waals surface area contributed by atoms with Gasteiger partial charge in [-0.1, -0.05) is 85.6 Å². The van der Waals surface area contributed by atoms with Gasteiger partial charge in [0.2, 0.25) is 0 Å². The van der Waals surface area contributed by atoms with E-state index in [1.54, 1.807) is 0 Å². The van der Waals surface area contributed by atoms with E-state index < -0.39 is 28.2 Å². The van der Waals surface area contributed by atoms with Crippen molar-refractivity contribution in [2.24, 2.45) is 0 Å².